The van der Waals surface area contributed by atoms with Crippen LogP contribution in [0, 0.1) is 17.0 Å². The van der Waals surface area contributed by atoms with Crippen LogP contribution >= 0.6 is 0 Å². The standard InChI is InChI=1S/C19H23N3O6S/c1-13-17(6-5-7-18(13)22(24)25)21(29(4,26)27)12-19(23)20-14(2)15-8-10-16(28-3)11-9-15/h5-11,14H,12H2,1-4H3,(H,20,23)/t14-/m0/s1. The summed E-state index contributed by atoms with van der Waals surface area (Å²) in [7, 11) is -2.30. The number of rotatable bonds is 8. The number of nitrogens with zero attached hydrogens (tertiary/aromatic N) is 2. The van der Waals surface area contributed by atoms with Crippen molar-refractivity contribution in [3.63, 3.8) is 0 Å². The summed E-state index contributed by atoms with van der Waals surface area (Å²) in [6.07, 6.45) is 0.950. The zero-order valence-electron chi connectivity index (χ0n) is 16.6. The van der Waals surface area contributed by atoms with Gasteiger partial charge in [-0.05, 0) is 37.6 Å². The van der Waals surface area contributed by atoms with Crippen molar-refractivity contribution in [1.29, 1.82) is 0 Å². The molecule has 0 saturated carbocycles. The van der Waals surface area contributed by atoms with E-state index in [1.54, 1.807) is 38.3 Å². The molecular formula is C19H23N3O6S. The van der Waals surface area contributed by atoms with E-state index in [1.165, 1.54) is 25.1 Å². The number of ether oxygens (including phenoxy) is 1. The van der Waals surface area contributed by atoms with Gasteiger partial charge in [0.05, 0.1) is 35.6 Å². The number of hydrogen-bond donors (Lipinski definition) is 1. The first-order valence-corrected chi connectivity index (χ1v) is 10.5. The lowest BCUT2D eigenvalue weighted by atomic mass is 10.1. The highest BCUT2D eigenvalue weighted by Gasteiger charge is 2.26. The van der Waals surface area contributed by atoms with E-state index < -0.39 is 27.4 Å². The SMILES string of the molecule is COc1ccc([C@H](C)NC(=O)CN(c2cccc([N+](=O)[O-])c2C)S(C)(=O)=O)cc1. The minimum atomic E-state index is -3.85. The van der Waals surface area contributed by atoms with Crippen LogP contribution in [0.25, 0.3) is 0 Å². The molecule has 1 N–H and O–H groups in total. The highest BCUT2D eigenvalue weighted by molar-refractivity contribution is 7.92. The lowest BCUT2D eigenvalue weighted by molar-refractivity contribution is -0.385. The van der Waals surface area contributed by atoms with Gasteiger partial charge in [-0.2, -0.15) is 0 Å². The number of methoxy groups -OCH3 is 1. The van der Waals surface area contributed by atoms with Crippen LogP contribution in [0.4, 0.5) is 11.4 Å². The first-order valence-electron chi connectivity index (χ1n) is 8.69. The fraction of sp³-hybridized carbons (Fsp3) is 0.316. The second-order valence-corrected chi connectivity index (χ2v) is 8.42. The Balaban J connectivity index is 2.24. The molecule has 0 aromatic heterocycles. The van der Waals surface area contributed by atoms with Gasteiger partial charge in [-0.1, -0.05) is 18.2 Å². The van der Waals surface area contributed by atoms with E-state index in [2.05, 4.69) is 5.32 Å². The van der Waals surface area contributed by atoms with Crippen LogP contribution in [0.1, 0.15) is 24.1 Å². The summed E-state index contributed by atoms with van der Waals surface area (Å²) in [4.78, 5) is 23.1. The first kappa shape index (κ1) is 22.2. The van der Waals surface area contributed by atoms with E-state index in [4.69, 9.17) is 4.74 Å². The molecule has 0 heterocycles. The molecule has 2 aromatic carbocycles. The lowest BCUT2D eigenvalue weighted by Crippen LogP contribution is -2.41. The number of anilines is 1. The van der Waals surface area contributed by atoms with Crippen LogP contribution in [0.15, 0.2) is 42.5 Å². The number of sulfonamides is 1. The van der Waals surface area contributed by atoms with Crippen molar-refractivity contribution in [2.45, 2.75) is 19.9 Å². The van der Waals surface area contributed by atoms with E-state index in [0.29, 0.717) is 5.75 Å². The molecule has 0 bridgehead atoms. The molecular weight excluding hydrogens is 398 g/mol. The van der Waals surface area contributed by atoms with E-state index in [9.17, 15) is 23.3 Å². The molecule has 29 heavy (non-hydrogen) atoms. The maximum Gasteiger partial charge on any atom is 0.274 e. The third-order valence-corrected chi connectivity index (χ3v) is 5.55. The quantitative estimate of drug-likeness (QED) is 0.517. The number of hydrogen-bond acceptors (Lipinski definition) is 6. The molecule has 1 atom stereocenters. The molecule has 156 valence electrons. The van der Waals surface area contributed by atoms with Crippen LogP contribution in [-0.2, 0) is 14.8 Å². The summed E-state index contributed by atoms with van der Waals surface area (Å²) in [5.41, 5.74) is 0.854. The minimum absolute atomic E-state index is 0.0916. The Hall–Kier alpha value is -3.14. The third kappa shape index (κ3) is 5.44. The van der Waals surface area contributed by atoms with Crippen molar-refractivity contribution in [2.24, 2.45) is 0 Å². The van der Waals surface area contributed by atoms with Crippen LogP contribution in [0.5, 0.6) is 5.75 Å². The number of carbonyl (C=O) groups is 1. The molecule has 0 spiro atoms. The van der Waals surface area contributed by atoms with E-state index in [0.717, 1.165) is 16.1 Å². The van der Waals surface area contributed by atoms with Gasteiger partial charge < -0.3 is 10.1 Å². The fourth-order valence-corrected chi connectivity index (χ4v) is 3.76. The topological polar surface area (TPSA) is 119 Å². The average molecular weight is 421 g/mol. The Labute approximate surface area is 169 Å². The van der Waals surface area contributed by atoms with Crippen molar-refractivity contribution in [1.82, 2.24) is 5.32 Å². The van der Waals surface area contributed by atoms with Crippen LogP contribution in [0.2, 0.25) is 0 Å². The Bertz CT molecular complexity index is 1010. The average Bonchev–Trinajstić information content (AvgIpc) is 2.65. The molecule has 0 saturated heterocycles. The zero-order chi connectivity index (χ0) is 21.8. The Morgan fingerprint density at radius 3 is 2.38 bits per heavy atom. The molecule has 0 aliphatic heterocycles. The summed E-state index contributed by atoms with van der Waals surface area (Å²) in [6.45, 7) is 2.72. The van der Waals surface area contributed by atoms with Crippen molar-refractivity contribution < 1.29 is 22.9 Å². The monoisotopic (exact) mass is 421 g/mol. The lowest BCUT2D eigenvalue weighted by Gasteiger charge is -2.24. The van der Waals surface area contributed by atoms with E-state index in [1.807, 2.05) is 0 Å². The number of nitro groups is 1. The normalized spacial score (nSPS) is 12.1. The Kier molecular flexibility index (Phi) is 6.80. The molecule has 0 aliphatic rings. The number of benzene rings is 2. The van der Waals surface area contributed by atoms with E-state index in [-0.39, 0.29) is 23.0 Å². The Morgan fingerprint density at radius 2 is 1.86 bits per heavy atom. The van der Waals surface area contributed by atoms with Gasteiger partial charge in [0.1, 0.15) is 12.3 Å². The maximum absolute atomic E-state index is 12.5. The predicted molar refractivity (Wildman–Crippen MR) is 110 cm³/mol. The van der Waals surface area contributed by atoms with Gasteiger partial charge in [-0.3, -0.25) is 19.2 Å². The Morgan fingerprint density at radius 1 is 1.24 bits per heavy atom. The molecule has 0 fully saturated rings. The van der Waals surface area contributed by atoms with Gasteiger partial charge in [0, 0.05) is 6.07 Å². The molecule has 2 rings (SSSR count). The summed E-state index contributed by atoms with van der Waals surface area (Å²) >= 11 is 0. The maximum atomic E-state index is 12.5. The fourth-order valence-electron chi connectivity index (χ4n) is 2.85. The molecule has 2 aromatic rings. The van der Waals surface area contributed by atoms with Crippen molar-refractivity contribution in [2.75, 3.05) is 24.2 Å². The van der Waals surface area contributed by atoms with Crippen LogP contribution in [0.3, 0.4) is 0 Å². The van der Waals surface area contributed by atoms with Gasteiger partial charge >= 0.3 is 0 Å². The van der Waals surface area contributed by atoms with Crippen LogP contribution in [-0.4, -0.2) is 39.2 Å². The smallest absolute Gasteiger partial charge is 0.274 e. The highest BCUT2D eigenvalue weighted by Crippen LogP contribution is 2.29. The second-order valence-electron chi connectivity index (χ2n) is 6.51. The van der Waals surface area contributed by atoms with Gasteiger partial charge in [0.25, 0.3) is 5.69 Å². The third-order valence-electron chi connectivity index (χ3n) is 4.42. The summed E-state index contributed by atoms with van der Waals surface area (Å²) < 4.78 is 30.5. The molecule has 9 nitrogen and oxygen atoms in total. The van der Waals surface area contributed by atoms with Crippen LogP contribution < -0.4 is 14.4 Å². The van der Waals surface area contributed by atoms with Crippen molar-refractivity contribution in [3.05, 3.63) is 63.7 Å². The molecule has 0 radical (unpaired) electrons. The molecule has 1 amide bonds. The van der Waals surface area contributed by atoms with Crippen molar-refractivity contribution >= 4 is 27.3 Å². The van der Waals surface area contributed by atoms with Gasteiger partial charge in [0.15, 0.2) is 0 Å². The number of nitro benzene ring substituents is 1. The second kappa shape index (κ2) is 8.91. The number of carbonyl (C=O) groups excluding carboxylic acids is 1. The predicted octanol–water partition coefficient (Wildman–Crippen LogP) is 2.56. The summed E-state index contributed by atoms with van der Waals surface area (Å²) in [5.74, 6) is 0.140. The van der Waals surface area contributed by atoms with Gasteiger partial charge in [-0.25, -0.2) is 8.42 Å². The van der Waals surface area contributed by atoms with Crippen molar-refractivity contribution in [3.8, 4) is 5.75 Å². The minimum Gasteiger partial charge on any atom is -0.497 e. The molecule has 0 aliphatic carbocycles. The summed E-state index contributed by atoms with van der Waals surface area (Å²) in [5, 5.41) is 13.9. The highest BCUT2D eigenvalue weighted by atomic mass is 32.2. The number of nitrogens with one attached hydrogen (secondary N) is 1. The molecule has 0 unspecified atom stereocenters. The zero-order valence-corrected chi connectivity index (χ0v) is 17.4. The van der Waals surface area contributed by atoms with Gasteiger partial charge in [0.2, 0.25) is 15.9 Å². The molecule has 10 heteroatoms. The largest absolute Gasteiger partial charge is 0.497 e. The summed E-state index contributed by atoms with van der Waals surface area (Å²) in [6, 6.07) is 10.8. The first-order chi connectivity index (χ1) is 13.5. The van der Waals surface area contributed by atoms with E-state index >= 15 is 0 Å². The number of amides is 1. The van der Waals surface area contributed by atoms with Gasteiger partial charge in [-0.15, -0.1) is 0 Å².